The van der Waals surface area contributed by atoms with E-state index in [2.05, 4.69) is 10.2 Å². The molecule has 11 atom stereocenters. The normalized spacial score (nSPS) is 32.9. The number of hydrogen-bond donors (Lipinski definition) is 4. The number of fused-ring (bicyclic) bond motifs is 5. The van der Waals surface area contributed by atoms with E-state index in [1.165, 1.54) is 26.0 Å². The number of carbonyl (C=O) groups excluding carboxylic acids is 5. The molecule has 0 unspecified atom stereocenters. The number of rotatable bonds is 12. The maximum Gasteiger partial charge on any atom is 0.408 e. The van der Waals surface area contributed by atoms with E-state index in [1.54, 1.807) is 90.1 Å². The third-order valence-corrected chi connectivity index (χ3v) is 14.4. The summed E-state index contributed by atoms with van der Waals surface area (Å²) in [7, 11) is 0. The van der Waals surface area contributed by atoms with Crippen molar-refractivity contribution in [3.05, 3.63) is 82.9 Å². The van der Waals surface area contributed by atoms with Gasteiger partial charge in [-0.25, -0.2) is 14.4 Å². The standard InChI is InChI=1S/C49H64N2O14/c1-28-32(62-43(57)37(54)36(30-17-11-9-12-18-30)50-44(58)65-45(3,4)5)26-49(59)41(63-42(56)31-19-13-10-14-20-31)39-47(8,33(53)25-34-48(39,27-61-34)64-29(2)52)40(55)38(35(28)46(49,6)7)60-24-23-51-21-15-16-22-51/h9-14,17-20,32-34,36-39,41,53-54,59H,15-16,21-27H2,1-8H3,(H,50,58)/t32-,33-,34+,36-,37+,38+,39-,41-,47+,48-,49+/m0/s1. The second-order valence-corrected chi connectivity index (χ2v) is 20.0. The molecule has 0 aromatic heterocycles. The van der Waals surface area contributed by atoms with Crippen molar-refractivity contribution in [3.63, 3.8) is 0 Å². The lowest BCUT2D eigenvalue weighted by Gasteiger charge is -2.67. The zero-order valence-electron chi connectivity index (χ0n) is 38.5. The van der Waals surface area contributed by atoms with E-state index in [9.17, 15) is 34.5 Å². The number of ether oxygens (including phenoxy) is 6. The van der Waals surface area contributed by atoms with Gasteiger partial charge in [-0.2, -0.15) is 0 Å². The first-order valence-electron chi connectivity index (χ1n) is 22.5. The molecule has 3 aliphatic carbocycles. The molecule has 0 radical (unpaired) electrons. The molecule has 2 aliphatic heterocycles. The minimum absolute atomic E-state index is 0.0735. The SMILES string of the molecule is CC(=O)O[C@@]12CO[C@@H]1C[C@H](O)[C@@]1(C)C(=O)[C@H](OCCN3CCCC3)C3=C(C)[C@@H](OC(=O)[C@H](O)[C@@H](NC(=O)OC(C)(C)C)c4ccccc4)C[C@@](O)([C@@H](OC(=O)c4ccccc4)[C@H]21)C3(C)C. The minimum atomic E-state index is -2.29. The fourth-order valence-corrected chi connectivity index (χ4v) is 11.0. The van der Waals surface area contributed by atoms with Crippen molar-refractivity contribution in [1.29, 1.82) is 0 Å². The van der Waals surface area contributed by atoms with Crippen LogP contribution in [0.25, 0.3) is 0 Å². The molecule has 2 aromatic rings. The summed E-state index contributed by atoms with van der Waals surface area (Å²) in [5.74, 6) is -4.85. The zero-order chi connectivity index (χ0) is 47.3. The third-order valence-electron chi connectivity index (χ3n) is 14.4. The van der Waals surface area contributed by atoms with Gasteiger partial charge in [-0.3, -0.25) is 9.59 Å². The Hall–Kier alpha value is -4.71. The number of nitrogens with zero attached hydrogens (tertiary/aromatic N) is 1. The van der Waals surface area contributed by atoms with E-state index < -0.39 is 112 Å². The van der Waals surface area contributed by atoms with Gasteiger partial charge in [-0.05, 0) is 89.4 Å². The summed E-state index contributed by atoms with van der Waals surface area (Å²) in [4.78, 5) is 73.2. The predicted molar refractivity (Wildman–Crippen MR) is 233 cm³/mol. The number of esters is 3. The van der Waals surface area contributed by atoms with Gasteiger partial charge in [0.05, 0.1) is 42.3 Å². The number of alkyl carbamates (subject to hydrolysis) is 1. The Morgan fingerprint density at radius 1 is 0.969 bits per heavy atom. The van der Waals surface area contributed by atoms with E-state index in [-0.39, 0.29) is 30.8 Å². The lowest BCUT2D eigenvalue weighted by atomic mass is 9.44. The van der Waals surface area contributed by atoms with E-state index in [4.69, 9.17) is 28.4 Å². The average molecular weight is 905 g/mol. The molecule has 2 saturated heterocycles. The van der Waals surface area contributed by atoms with E-state index in [0.717, 1.165) is 25.9 Å². The van der Waals surface area contributed by atoms with Crippen molar-refractivity contribution in [3.8, 4) is 0 Å². The van der Waals surface area contributed by atoms with E-state index in [0.29, 0.717) is 17.7 Å². The van der Waals surface area contributed by atoms with E-state index in [1.807, 2.05) is 0 Å². The molecule has 65 heavy (non-hydrogen) atoms. The maximum atomic E-state index is 15.9. The van der Waals surface area contributed by atoms with Gasteiger partial charge in [0.2, 0.25) is 0 Å². The molecule has 2 heterocycles. The van der Waals surface area contributed by atoms with Crippen LogP contribution in [0.4, 0.5) is 4.79 Å². The Morgan fingerprint density at radius 3 is 2.18 bits per heavy atom. The Morgan fingerprint density at radius 2 is 1.60 bits per heavy atom. The summed E-state index contributed by atoms with van der Waals surface area (Å²) in [6.07, 6.45) is -8.49. The number of Topliss-reactive ketones (excluding diaryl/α,β-unsaturated/α-hetero) is 1. The molecular weight excluding hydrogens is 841 g/mol. The van der Waals surface area contributed by atoms with Crippen LogP contribution in [0.1, 0.15) is 103 Å². The van der Waals surface area contributed by atoms with Crippen molar-refractivity contribution in [1.82, 2.24) is 10.2 Å². The van der Waals surface area contributed by atoms with Crippen molar-refractivity contribution in [2.45, 2.75) is 141 Å². The first-order chi connectivity index (χ1) is 30.5. The molecule has 4 fully saturated rings. The number of aliphatic hydroxyl groups excluding tert-OH is 2. The number of likely N-dealkylation sites (tertiary alicyclic amines) is 1. The first-order valence-corrected chi connectivity index (χ1v) is 22.5. The van der Waals surface area contributed by atoms with Gasteiger partial charge in [0.15, 0.2) is 17.5 Å². The predicted octanol–water partition coefficient (Wildman–Crippen LogP) is 4.38. The molecule has 2 saturated carbocycles. The second-order valence-electron chi connectivity index (χ2n) is 20.0. The molecule has 16 nitrogen and oxygen atoms in total. The number of nitrogens with one attached hydrogen (secondary N) is 1. The van der Waals surface area contributed by atoms with Gasteiger partial charge >= 0.3 is 24.0 Å². The van der Waals surface area contributed by atoms with Gasteiger partial charge in [0, 0.05) is 31.7 Å². The number of ketones is 1. The highest BCUT2D eigenvalue weighted by atomic mass is 16.6. The summed E-state index contributed by atoms with van der Waals surface area (Å²) in [5.41, 5.74) is -7.27. The fourth-order valence-electron chi connectivity index (χ4n) is 11.0. The topological polar surface area (TPSA) is 217 Å². The van der Waals surface area contributed by atoms with Crippen molar-refractivity contribution in [2.75, 3.05) is 32.8 Å². The molecule has 1 amide bonds. The average Bonchev–Trinajstić information content (AvgIpc) is 3.77. The van der Waals surface area contributed by atoms with Crippen LogP contribution in [0.3, 0.4) is 0 Å². The lowest BCUT2D eigenvalue weighted by Crippen LogP contribution is -2.82. The van der Waals surface area contributed by atoms with Crippen LogP contribution >= 0.6 is 0 Å². The van der Waals surface area contributed by atoms with Gasteiger partial charge < -0.3 is 54.0 Å². The highest BCUT2D eigenvalue weighted by Crippen LogP contribution is 2.64. The van der Waals surface area contributed by atoms with Crippen LogP contribution in [0.5, 0.6) is 0 Å². The first kappa shape index (κ1) is 48.2. The molecule has 16 heteroatoms. The fraction of sp³-hybridized carbons (Fsp3) is 0.612. The Kier molecular flexibility index (Phi) is 13.5. The van der Waals surface area contributed by atoms with Crippen LogP contribution in [-0.4, -0.2) is 136 Å². The van der Waals surface area contributed by atoms with Crippen LogP contribution in [-0.2, 0) is 42.8 Å². The summed E-state index contributed by atoms with van der Waals surface area (Å²) in [6.45, 7) is 14.8. The Labute approximate surface area is 379 Å². The smallest absolute Gasteiger partial charge is 0.408 e. The molecule has 0 spiro atoms. The zero-order valence-corrected chi connectivity index (χ0v) is 38.5. The molecule has 4 N–H and O–H groups in total. The van der Waals surface area contributed by atoms with Gasteiger partial charge in [0.1, 0.15) is 35.6 Å². The summed E-state index contributed by atoms with van der Waals surface area (Å²) in [5, 5.41) is 40.6. The lowest BCUT2D eigenvalue weighted by molar-refractivity contribution is -0.346. The number of hydrogen-bond acceptors (Lipinski definition) is 15. The molecule has 5 aliphatic rings. The summed E-state index contributed by atoms with van der Waals surface area (Å²) in [6, 6.07) is 15.0. The summed E-state index contributed by atoms with van der Waals surface area (Å²) >= 11 is 0. The van der Waals surface area contributed by atoms with Crippen LogP contribution in [0.2, 0.25) is 0 Å². The number of benzene rings is 2. The quantitative estimate of drug-likeness (QED) is 0.132. The highest BCUT2D eigenvalue weighted by molar-refractivity contribution is 5.94. The van der Waals surface area contributed by atoms with Crippen LogP contribution in [0.15, 0.2) is 71.8 Å². The Bertz CT molecular complexity index is 2150. The molecule has 354 valence electrons. The van der Waals surface area contributed by atoms with Gasteiger partial charge in [-0.1, -0.05) is 62.4 Å². The number of carbonyl (C=O) groups is 5. The molecule has 7 rings (SSSR count). The van der Waals surface area contributed by atoms with E-state index >= 15 is 4.79 Å². The Balaban J connectivity index is 1.38. The maximum absolute atomic E-state index is 15.9. The van der Waals surface area contributed by atoms with Crippen LogP contribution < -0.4 is 5.32 Å². The molecule has 2 bridgehead atoms. The van der Waals surface area contributed by atoms with Crippen molar-refractivity contribution < 1.29 is 67.7 Å². The number of amides is 1. The van der Waals surface area contributed by atoms with Crippen molar-refractivity contribution >= 4 is 29.8 Å². The van der Waals surface area contributed by atoms with Gasteiger partial charge in [0.25, 0.3) is 0 Å². The number of aliphatic hydroxyl groups is 3. The third kappa shape index (κ3) is 8.85. The highest BCUT2D eigenvalue weighted by Gasteiger charge is 2.78. The molecular formula is C49H64N2O14. The van der Waals surface area contributed by atoms with Gasteiger partial charge in [-0.15, -0.1) is 0 Å². The second kappa shape index (κ2) is 18.2. The molecule has 2 aromatic carbocycles. The minimum Gasteiger partial charge on any atom is -0.456 e. The monoisotopic (exact) mass is 904 g/mol. The largest absolute Gasteiger partial charge is 0.456 e. The summed E-state index contributed by atoms with van der Waals surface area (Å²) < 4.78 is 37.0. The van der Waals surface area contributed by atoms with Crippen LogP contribution in [0, 0.1) is 16.7 Å². The van der Waals surface area contributed by atoms with Crippen molar-refractivity contribution in [2.24, 2.45) is 16.7 Å².